The lowest BCUT2D eigenvalue weighted by molar-refractivity contribution is 0.389. The van der Waals surface area contributed by atoms with Crippen molar-refractivity contribution >= 4 is 0 Å². The van der Waals surface area contributed by atoms with E-state index in [2.05, 4.69) is 20.8 Å². The van der Waals surface area contributed by atoms with Crippen LogP contribution in [0.4, 0.5) is 0 Å². The zero-order valence-electron chi connectivity index (χ0n) is 10.4. The highest BCUT2D eigenvalue weighted by Gasteiger charge is 2.47. The highest BCUT2D eigenvalue weighted by molar-refractivity contribution is 4.98. The summed E-state index contributed by atoms with van der Waals surface area (Å²) in [5.74, 6) is 1.03. The molecule has 0 nitrogen and oxygen atoms in total. The van der Waals surface area contributed by atoms with Crippen molar-refractivity contribution < 1.29 is 0 Å². The summed E-state index contributed by atoms with van der Waals surface area (Å²) in [4.78, 5) is 0. The van der Waals surface area contributed by atoms with E-state index in [1.807, 2.05) is 0 Å². The molecule has 0 spiro atoms. The van der Waals surface area contributed by atoms with Crippen molar-refractivity contribution in [2.24, 2.45) is 11.3 Å². The Morgan fingerprint density at radius 3 is 2.07 bits per heavy atom. The van der Waals surface area contributed by atoms with Gasteiger partial charge in [-0.05, 0) is 24.2 Å². The lowest BCUT2D eigenvalue weighted by Gasteiger charge is -2.13. The first-order valence-corrected chi connectivity index (χ1v) is 6.75. The van der Waals surface area contributed by atoms with Gasteiger partial charge in [-0.2, -0.15) is 0 Å². The highest BCUT2D eigenvalue weighted by atomic mass is 14.5. The van der Waals surface area contributed by atoms with Crippen LogP contribution in [0.25, 0.3) is 0 Å². The molecular formula is C14H28. The Balaban J connectivity index is 1.94. The molecule has 84 valence electrons. The predicted octanol–water partition coefficient (Wildman–Crippen LogP) is 5.17. The quantitative estimate of drug-likeness (QED) is 0.470. The average Bonchev–Trinajstić information content (AvgIpc) is 2.84. The van der Waals surface area contributed by atoms with Crippen LogP contribution in [0.15, 0.2) is 0 Å². The Kier molecular flexibility index (Phi) is 4.98. The van der Waals surface area contributed by atoms with Crippen LogP contribution < -0.4 is 0 Å². The first-order chi connectivity index (χ1) is 6.75. The van der Waals surface area contributed by atoms with Crippen LogP contribution >= 0.6 is 0 Å². The summed E-state index contributed by atoms with van der Waals surface area (Å²) in [6, 6.07) is 0. The molecule has 0 N–H and O–H groups in total. The molecule has 2 unspecified atom stereocenters. The van der Waals surface area contributed by atoms with Gasteiger partial charge in [0, 0.05) is 0 Å². The zero-order valence-corrected chi connectivity index (χ0v) is 10.4. The van der Waals surface area contributed by atoms with Crippen molar-refractivity contribution in [3.8, 4) is 0 Å². The third-order valence-corrected chi connectivity index (χ3v) is 4.33. The Bertz CT molecular complexity index is 146. The van der Waals surface area contributed by atoms with Crippen molar-refractivity contribution in [2.45, 2.75) is 78.6 Å². The summed E-state index contributed by atoms with van der Waals surface area (Å²) >= 11 is 0. The Labute approximate surface area is 90.5 Å². The third kappa shape index (κ3) is 3.29. The molecule has 2 atom stereocenters. The van der Waals surface area contributed by atoms with Crippen LogP contribution in [-0.4, -0.2) is 0 Å². The molecule has 1 rings (SSSR count). The highest BCUT2D eigenvalue weighted by Crippen LogP contribution is 2.58. The van der Waals surface area contributed by atoms with Gasteiger partial charge < -0.3 is 0 Å². The number of hydrogen-bond acceptors (Lipinski definition) is 0. The summed E-state index contributed by atoms with van der Waals surface area (Å²) in [6.07, 6.45) is 13.2. The van der Waals surface area contributed by atoms with Gasteiger partial charge in [-0.3, -0.25) is 0 Å². The van der Waals surface area contributed by atoms with E-state index in [9.17, 15) is 0 Å². The van der Waals surface area contributed by atoms with Crippen LogP contribution in [0.1, 0.15) is 78.6 Å². The number of rotatable bonds is 8. The summed E-state index contributed by atoms with van der Waals surface area (Å²) in [5.41, 5.74) is 0.796. The van der Waals surface area contributed by atoms with Crippen LogP contribution in [0.3, 0.4) is 0 Å². The van der Waals surface area contributed by atoms with Crippen molar-refractivity contribution in [2.75, 3.05) is 0 Å². The van der Waals surface area contributed by atoms with Gasteiger partial charge in [0.15, 0.2) is 0 Å². The number of hydrogen-bond donors (Lipinski definition) is 0. The smallest absolute Gasteiger partial charge is 0.0271 e. The fourth-order valence-electron chi connectivity index (χ4n) is 2.83. The van der Waals surface area contributed by atoms with Crippen molar-refractivity contribution in [3.63, 3.8) is 0 Å². The molecule has 1 aliphatic carbocycles. The van der Waals surface area contributed by atoms with E-state index in [1.54, 1.807) is 0 Å². The largest absolute Gasteiger partial charge is 0.0654 e. The van der Waals surface area contributed by atoms with E-state index in [0.717, 1.165) is 11.3 Å². The van der Waals surface area contributed by atoms with E-state index >= 15 is 0 Å². The monoisotopic (exact) mass is 196 g/mol. The van der Waals surface area contributed by atoms with E-state index in [-0.39, 0.29) is 0 Å². The van der Waals surface area contributed by atoms with Gasteiger partial charge in [-0.25, -0.2) is 0 Å². The van der Waals surface area contributed by atoms with Crippen molar-refractivity contribution in [1.29, 1.82) is 0 Å². The van der Waals surface area contributed by atoms with Crippen LogP contribution in [0, 0.1) is 11.3 Å². The molecule has 0 heterocycles. The summed E-state index contributed by atoms with van der Waals surface area (Å²) in [6.45, 7) is 7.10. The predicted molar refractivity (Wildman–Crippen MR) is 64.5 cm³/mol. The molecule has 1 aliphatic rings. The van der Waals surface area contributed by atoms with Crippen LogP contribution in [0.2, 0.25) is 0 Å². The minimum atomic E-state index is 0.796. The molecule has 0 saturated heterocycles. The van der Waals surface area contributed by atoms with Crippen molar-refractivity contribution in [3.05, 3.63) is 0 Å². The van der Waals surface area contributed by atoms with Gasteiger partial charge >= 0.3 is 0 Å². The molecule has 0 heteroatoms. The fraction of sp³-hybridized carbons (Fsp3) is 1.00. The third-order valence-electron chi connectivity index (χ3n) is 4.33. The molecule has 0 bridgehead atoms. The zero-order chi connectivity index (χ0) is 10.4. The first kappa shape index (κ1) is 12.1. The topological polar surface area (TPSA) is 0 Å². The summed E-state index contributed by atoms with van der Waals surface area (Å²) in [7, 11) is 0. The first-order valence-electron chi connectivity index (χ1n) is 6.75. The summed E-state index contributed by atoms with van der Waals surface area (Å²) < 4.78 is 0. The Morgan fingerprint density at radius 1 is 1.00 bits per heavy atom. The molecule has 14 heavy (non-hydrogen) atoms. The van der Waals surface area contributed by atoms with Gasteiger partial charge in [0.25, 0.3) is 0 Å². The number of unbranched alkanes of at least 4 members (excludes halogenated alkanes) is 5. The molecular weight excluding hydrogens is 168 g/mol. The second-order valence-electron chi connectivity index (χ2n) is 5.34. The Hall–Kier alpha value is 0. The van der Waals surface area contributed by atoms with E-state index in [4.69, 9.17) is 0 Å². The van der Waals surface area contributed by atoms with Gasteiger partial charge in [0.2, 0.25) is 0 Å². The molecule has 1 fully saturated rings. The van der Waals surface area contributed by atoms with Crippen molar-refractivity contribution in [1.82, 2.24) is 0 Å². The molecule has 0 radical (unpaired) electrons. The molecule has 0 aromatic carbocycles. The molecule has 1 saturated carbocycles. The van der Waals surface area contributed by atoms with E-state index < -0.39 is 0 Å². The van der Waals surface area contributed by atoms with Gasteiger partial charge in [-0.15, -0.1) is 0 Å². The molecule has 0 aromatic rings. The minimum Gasteiger partial charge on any atom is -0.0654 e. The summed E-state index contributed by atoms with van der Waals surface area (Å²) in [5, 5.41) is 0. The van der Waals surface area contributed by atoms with Gasteiger partial charge in [-0.1, -0.05) is 65.7 Å². The van der Waals surface area contributed by atoms with Crippen LogP contribution in [0.5, 0.6) is 0 Å². The lowest BCUT2D eigenvalue weighted by atomic mass is 9.93. The maximum Gasteiger partial charge on any atom is -0.0271 e. The minimum absolute atomic E-state index is 0.796. The maximum absolute atomic E-state index is 2.43. The standard InChI is InChI=1S/C14H28/c1-4-6-7-8-9-10-11-14(5-2)12-13(14)3/h13H,4-12H2,1-3H3. The van der Waals surface area contributed by atoms with Gasteiger partial charge in [0.05, 0.1) is 0 Å². The van der Waals surface area contributed by atoms with E-state index in [0.29, 0.717) is 0 Å². The normalized spacial score (nSPS) is 30.6. The maximum atomic E-state index is 2.43. The second-order valence-corrected chi connectivity index (χ2v) is 5.34. The van der Waals surface area contributed by atoms with Crippen LogP contribution in [-0.2, 0) is 0 Å². The van der Waals surface area contributed by atoms with E-state index in [1.165, 1.54) is 57.8 Å². The molecule has 0 aliphatic heterocycles. The Morgan fingerprint density at radius 2 is 1.57 bits per heavy atom. The molecule has 0 aromatic heterocycles. The van der Waals surface area contributed by atoms with Gasteiger partial charge in [0.1, 0.15) is 0 Å². The fourth-order valence-corrected chi connectivity index (χ4v) is 2.83. The molecule has 0 amide bonds. The second kappa shape index (κ2) is 5.78. The average molecular weight is 196 g/mol. The SMILES string of the molecule is CCCCCCCCC1(CC)CC1C. The lowest BCUT2D eigenvalue weighted by Crippen LogP contribution is -2.00.